The van der Waals surface area contributed by atoms with E-state index in [4.69, 9.17) is 4.74 Å². The molecule has 1 aromatic rings. The van der Waals surface area contributed by atoms with Gasteiger partial charge in [-0.25, -0.2) is 9.18 Å². The van der Waals surface area contributed by atoms with Gasteiger partial charge in [0.05, 0.1) is 0 Å². The van der Waals surface area contributed by atoms with E-state index in [9.17, 15) is 9.18 Å². The highest BCUT2D eigenvalue weighted by Gasteiger charge is 2.16. The predicted octanol–water partition coefficient (Wildman–Crippen LogP) is 4.64. The van der Waals surface area contributed by atoms with E-state index in [-0.39, 0.29) is 5.82 Å². The summed E-state index contributed by atoms with van der Waals surface area (Å²) in [5.41, 5.74) is 0.549. The third-order valence-electron chi connectivity index (χ3n) is 2.73. The van der Waals surface area contributed by atoms with E-state index in [1.165, 1.54) is 18.1 Å². The molecule has 1 radical (unpaired) electrons. The number of nitrogens with one attached hydrogen (secondary N) is 1. The molecule has 0 bridgehead atoms. The van der Waals surface area contributed by atoms with Crippen molar-refractivity contribution >= 4 is 22.0 Å². The van der Waals surface area contributed by atoms with Gasteiger partial charge in [0.25, 0.3) is 0 Å². The van der Waals surface area contributed by atoms with E-state index in [2.05, 4.69) is 21.2 Å². The normalized spacial score (nSPS) is 11.6. The lowest BCUT2D eigenvalue weighted by Gasteiger charge is -2.20. The summed E-state index contributed by atoms with van der Waals surface area (Å²) in [5, 5.41) is 2.73. The van der Waals surface area contributed by atoms with Crippen molar-refractivity contribution in [3.8, 4) is 0 Å². The zero-order chi connectivity index (χ0) is 16.0. The summed E-state index contributed by atoms with van der Waals surface area (Å²) in [4.78, 5) is 11.5. The first kappa shape index (κ1) is 18.0. The van der Waals surface area contributed by atoms with Crippen molar-refractivity contribution in [2.24, 2.45) is 0 Å². The Morgan fingerprint density at radius 1 is 1.38 bits per heavy atom. The number of rotatable bonds is 5. The second kappa shape index (κ2) is 7.78. The number of amides is 1. The summed E-state index contributed by atoms with van der Waals surface area (Å²) < 4.78 is 18.9. The van der Waals surface area contributed by atoms with Gasteiger partial charge < -0.3 is 10.1 Å². The minimum atomic E-state index is -0.484. The lowest BCUT2D eigenvalue weighted by Crippen LogP contribution is -2.33. The van der Waals surface area contributed by atoms with Gasteiger partial charge in [-0.1, -0.05) is 28.9 Å². The van der Waals surface area contributed by atoms with Gasteiger partial charge in [-0.15, -0.1) is 0 Å². The minimum absolute atomic E-state index is 0.255. The molecule has 0 heterocycles. The molecule has 0 atom stereocenters. The zero-order valence-corrected chi connectivity index (χ0v) is 14.5. The molecular weight excluding hydrogens is 337 g/mol. The van der Waals surface area contributed by atoms with Crippen molar-refractivity contribution in [3.05, 3.63) is 40.0 Å². The summed E-state index contributed by atoms with van der Waals surface area (Å²) in [5.74, 6) is 0.952. The van der Waals surface area contributed by atoms with Gasteiger partial charge in [-0.3, -0.25) is 0 Å². The second-order valence-electron chi connectivity index (χ2n) is 6.05. The van der Waals surface area contributed by atoms with Gasteiger partial charge >= 0.3 is 6.09 Å². The highest BCUT2D eigenvalue weighted by Crippen LogP contribution is 2.22. The molecule has 0 unspecified atom stereocenters. The number of carbonyl (C=O) groups excluding carboxylic acids is 1. The highest BCUT2D eigenvalue weighted by atomic mass is 79.9. The molecule has 1 amide bonds. The van der Waals surface area contributed by atoms with Crippen LogP contribution in [0.5, 0.6) is 0 Å². The molecule has 0 spiro atoms. The van der Waals surface area contributed by atoms with Gasteiger partial charge in [0.2, 0.25) is 0 Å². The fraction of sp³-hybridized carbons (Fsp3) is 0.500. The molecule has 0 aliphatic heterocycles. The molecule has 0 fully saturated rings. The maximum atomic E-state index is 13.0. The Balaban J connectivity index is 2.34. The number of ether oxygens (including phenoxy) is 1. The third kappa shape index (κ3) is 7.46. The lowest BCUT2D eigenvalue weighted by atomic mass is 9.98. The Morgan fingerprint density at radius 2 is 2.05 bits per heavy atom. The standard InChI is InChI=1S/C16H22BrFNO2/c1-11(7-8-19-15(20)21-16(2,3)4)9-12-5-6-13(18)10-14(12)17/h5-6,10H,7-9H2,1-4H3,(H,19,20). The Morgan fingerprint density at radius 3 is 2.62 bits per heavy atom. The molecule has 1 aromatic carbocycles. The summed E-state index contributed by atoms with van der Waals surface area (Å²) >= 11 is 3.36. The van der Waals surface area contributed by atoms with Crippen LogP contribution in [0.4, 0.5) is 9.18 Å². The van der Waals surface area contributed by atoms with Crippen molar-refractivity contribution in [1.82, 2.24) is 5.32 Å². The first-order valence-electron chi connectivity index (χ1n) is 6.89. The topological polar surface area (TPSA) is 38.3 Å². The van der Waals surface area contributed by atoms with Crippen LogP contribution in [0.1, 0.15) is 39.7 Å². The molecule has 0 aliphatic rings. The third-order valence-corrected chi connectivity index (χ3v) is 3.47. The van der Waals surface area contributed by atoms with E-state index >= 15 is 0 Å². The summed E-state index contributed by atoms with van der Waals surface area (Å²) in [6.45, 7) is 8.04. The summed E-state index contributed by atoms with van der Waals surface area (Å²) in [7, 11) is 0. The molecule has 0 saturated heterocycles. The predicted molar refractivity (Wildman–Crippen MR) is 85.6 cm³/mol. The molecular formula is C16H22BrFNO2. The number of halogens is 2. The number of alkyl carbamates (subject to hydrolysis) is 1. The quantitative estimate of drug-likeness (QED) is 0.832. The Labute approximate surface area is 134 Å². The summed E-state index contributed by atoms with van der Waals surface area (Å²) in [6.07, 6.45) is 1.10. The van der Waals surface area contributed by atoms with Crippen LogP contribution in [0.2, 0.25) is 0 Å². The maximum absolute atomic E-state index is 13.0. The van der Waals surface area contributed by atoms with E-state index in [0.29, 0.717) is 6.54 Å². The number of hydrogen-bond acceptors (Lipinski definition) is 2. The van der Waals surface area contributed by atoms with Crippen LogP contribution in [-0.2, 0) is 11.2 Å². The average Bonchev–Trinajstić information content (AvgIpc) is 2.30. The van der Waals surface area contributed by atoms with E-state index in [1.807, 2.05) is 27.7 Å². The fourth-order valence-corrected chi connectivity index (χ4v) is 2.26. The molecule has 3 nitrogen and oxygen atoms in total. The van der Waals surface area contributed by atoms with Crippen molar-refractivity contribution in [2.45, 2.75) is 46.1 Å². The number of benzene rings is 1. The smallest absolute Gasteiger partial charge is 0.407 e. The molecule has 21 heavy (non-hydrogen) atoms. The van der Waals surface area contributed by atoms with Crippen molar-refractivity contribution < 1.29 is 13.9 Å². The second-order valence-corrected chi connectivity index (χ2v) is 6.90. The Kier molecular flexibility index (Phi) is 6.65. The lowest BCUT2D eigenvalue weighted by molar-refractivity contribution is 0.0528. The zero-order valence-electron chi connectivity index (χ0n) is 12.9. The maximum Gasteiger partial charge on any atom is 0.407 e. The monoisotopic (exact) mass is 358 g/mol. The molecule has 1 N–H and O–H groups in total. The van der Waals surface area contributed by atoms with Crippen LogP contribution >= 0.6 is 15.9 Å². The van der Waals surface area contributed by atoms with Gasteiger partial charge in [0.1, 0.15) is 11.4 Å². The van der Waals surface area contributed by atoms with E-state index in [1.54, 1.807) is 6.07 Å². The first-order chi connectivity index (χ1) is 9.67. The van der Waals surface area contributed by atoms with Crippen LogP contribution < -0.4 is 5.32 Å². The van der Waals surface area contributed by atoms with Crippen molar-refractivity contribution in [1.29, 1.82) is 0 Å². The highest BCUT2D eigenvalue weighted by molar-refractivity contribution is 9.10. The van der Waals surface area contributed by atoms with Gasteiger partial charge in [-0.05, 0) is 57.2 Å². The molecule has 117 valence electrons. The van der Waals surface area contributed by atoms with E-state index < -0.39 is 11.7 Å². The molecule has 1 rings (SSSR count). The SMILES string of the molecule is C[C](CCNC(=O)OC(C)(C)C)Cc1ccc(F)cc1Br. The summed E-state index contributed by atoms with van der Waals surface area (Å²) in [6, 6.07) is 4.68. The van der Waals surface area contributed by atoms with Crippen LogP contribution in [0, 0.1) is 11.7 Å². The van der Waals surface area contributed by atoms with Crippen LogP contribution in [0.25, 0.3) is 0 Å². The Bertz CT molecular complexity index is 486. The number of carbonyl (C=O) groups is 1. The largest absolute Gasteiger partial charge is 0.444 e. The van der Waals surface area contributed by atoms with Gasteiger partial charge in [0.15, 0.2) is 0 Å². The van der Waals surface area contributed by atoms with Gasteiger partial charge in [-0.2, -0.15) is 0 Å². The van der Waals surface area contributed by atoms with Crippen molar-refractivity contribution in [3.63, 3.8) is 0 Å². The fourth-order valence-electron chi connectivity index (χ4n) is 1.77. The molecule has 0 aromatic heterocycles. The van der Waals surface area contributed by atoms with Crippen LogP contribution in [-0.4, -0.2) is 18.2 Å². The van der Waals surface area contributed by atoms with Gasteiger partial charge in [0, 0.05) is 11.0 Å². The first-order valence-corrected chi connectivity index (χ1v) is 7.69. The average molecular weight is 359 g/mol. The number of hydrogen-bond donors (Lipinski definition) is 1. The molecule has 5 heteroatoms. The minimum Gasteiger partial charge on any atom is -0.444 e. The Hall–Kier alpha value is -1.10. The van der Waals surface area contributed by atoms with Crippen molar-refractivity contribution in [2.75, 3.05) is 6.54 Å². The van der Waals surface area contributed by atoms with Crippen LogP contribution in [0.15, 0.2) is 22.7 Å². The van der Waals surface area contributed by atoms with Crippen LogP contribution in [0.3, 0.4) is 0 Å². The molecule has 0 aliphatic carbocycles. The van der Waals surface area contributed by atoms with E-state index in [0.717, 1.165) is 22.9 Å². The molecule has 0 saturated carbocycles.